The third kappa shape index (κ3) is 3.48. The van der Waals surface area contributed by atoms with Gasteiger partial charge in [-0.15, -0.1) is 0 Å². The van der Waals surface area contributed by atoms with Crippen LogP contribution in [0, 0.1) is 0 Å². The number of aliphatic hydroxyl groups is 1. The number of para-hydroxylation sites is 1. The Kier molecular flexibility index (Phi) is 4.57. The maximum absolute atomic E-state index is 12.5. The molecule has 0 saturated heterocycles. The summed E-state index contributed by atoms with van der Waals surface area (Å²) in [5, 5.41) is 18.1. The van der Waals surface area contributed by atoms with Crippen LogP contribution >= 0.6 is 0 Å². The summed E-state index contributed by atoms with van der Waals surface area (Å²) >= 11 is 0. The molecule has 6 nitrogen and oxygen atoms in total. The van der Waals surface area contributed by atoms with Gasteiger partial charge in [0.05, 0.1) is 6.61 Å². The van der Waals surface area contributed by atoms with E-state index in [0.717, 1.165) is 12.8 Å². The minimum absolute atomic E-state index is 0.120. The first-order valence-corrected chi connectivity index (χ1v) is 6.59. The lowest BCUT2D eigenvalue weighted by Crippen LogP contribution is -2.47. The molecule has 6 heteroatoms. The van der Waals surface area contributed by atoms with E-state index in [1.54, 1.807) is 35.2 Å². The van der Waals surface area contributed by atoms with Crippen molar-refractivity contribution >= 4 is 17.7 Å². The first-order chi connectivity index (χ1) is 9.63. The predicted octanol–water partition coefficient (Wildman–Crippen LogP) is 1.15. The van der Waals surface area contributed by atoms with Crippen LogP contribution in [-0.4, -0.2) is 52.9 Å². The van der Waals surface area contributed by atoms with Crippen LogP contribution in [0.5, 0.6) is 0 Å². The first-order valence-electron chi connectivity index (χ1n) is 6.59. The Labute approximate surface area is 117 Å². The van der Waals surface area contributed by atoms with Crippen molar-refractivity contribution in [3.63, 3.8) is 0 Å². The summed E-state index contributed by atoms with van der Waals surface area (Å²) in [7, 11) is 0. The number of aliphatic hydroxyl groups excluding tert-OH is 1. The van der Waals surface area contributed by atoms with E-state index >= 15 is 0 Å². The largest absolute Gasteiger partial charge is 0.480 e. The number of benzene rings is 1. The molecular formula is C14H18N2O4. The Bertz CT molecular complexity index is 473. The third-order valence-electron chi connectivity index (χ3n) is 3.17. The number of hydrogen-bond acceptors (Lipinski definition) is 3. The number of amides is 2. The molecule has 1 aromatic rings. The molecule has 1 saturated carbocycles. The van der Waals surface area contributed by atoms with Crippen LogP contribution in [0.25, 0.3) is 0 Å². The van der Waals surface area contributed by atoms with Gasteiger partial charge in [-0.1, -0.05) is 18.2 Å². The van der Waals surface area contributed by atoms with Gasteiger partial charge in [-0.05, 0) is 25.0 Å². The van der Waals surface area contributed by atoms with Crippen molar-refractivity contribution in [2.45, 2.75) is 18.9 Å². The lowest BCUT2D eigenvalue weighted by molar-refractivity contribution is -0.135. The predicted molar refractivity (Wildman–Crippen MR) is 73.6 cm³/mol. The maximum Gasteiger partial charge on any atom is 0.325 e. The molecule has 1 aliphatic carbocycles. The number of rotatable bonds is 6. The van der Waals surface area contributed by atoms with Crippen molar-refractivity contribution in [1.29, 1.82) is 0 Å². The summed E-state index contributed by atoms with van der Waals surface area (Å²) in [6.45, 7) is -0.290. The number of carboxylic acids is 1. The molecule has 2 N–H and O–H groups in total. The minimum Gasteiger partial charge on any atom is -0.480 e. The summed E-state index contributed by atoms with van der Waals surface area (Å²) in [5.74, 6) is -1.07. The number of carbonyl (C=O) groups excluding carboxylic acids is 1. The zero-order chi connectivity index (χ0) is 14.5. The molecule has 0 heterocycles. The van der Waals surface area contributed by atoms with E-state index in [4.69, 9.17) is 10.2 Å². The van der Waals surface area contributed by atoms with Gasteiger partial charge in [0, 0.05) is 18.3 Å². The van der Waals surface area contributed by atoms with Gasteiger partial charge in [0.25, 0.3) is 0 Å². The van der Waals surface area contributed by atoms with Crippen LogP contribution in [0.1, 0.15) is 12.8 Å². The van der Waals surface area contributed by atoms with Crippen LogP contribution in [0.2, 0.25) is 0 Å². The number of anilines is 1. The molecule has 1 aromatic carbocycles. The number of urea groups is 1. The Morgan fingerprint density at radius 3 is 2.35 bits per heavy atom. The Morgan fingerprint density at radius 2 is 1.85 bits per heavy atom. The normalized spacial score (nSPS) is 13.8. The summed E-state index contributed by atoms with van der Waals surface area (Å²) in [6.07, 6.45) is 1.81. The average molecular weight is 278 g/mol. The molecule has 0 spiro atoms. The second-order valence-electron chi connectivity index (χ2n) is 4.75. The average Bonchev–Trinajstić information content (AvgIpc) is 3.27. The molecule has 1 fully saturated rings. The molecule has 0 atom stereocenters. The fraction of sp³-hybridized carbons (Fsp3) is 0.429. The van der Waals surface area contributed by atoms with Crippen LogP contribution in [0.15, 0.2) is 30.3 Å². The fourth-order valence-corrected chi connectivity index (χ4v) is 2.10. The highest BCUT2D eigenvalue weighted by Gasteiger charge is 2.35. The Hall–Kier alpha value is -2.08. The van der Waals surface area contributed by atoms with E-state index in [9.17, 15) is 9.59 Å². The van der Waals surface area contributed by atoms with Crippen molar-refractivity contribution in [1.82, 2.24) is 4.90 Å². The lowest BCUT2D eigenvalue weighted by atomic mass is 10.3. The maximum atomic E-state index is 12.5. The van der Waals surface area contributed by atoms with E-state index in [1.165, 1.54) is 4.90 Å². The Morgan fingerprint density at radius 1 is 1.20 bits per heavy atom. The highest BCUT2D eigenvalue weighted by atomic mass is 16.4. The van der Waals surface area contributed by atoms with Crippen LogP contribution in [-0.2, 0) is 4.79 Å². The van der Waals surface area contributed by atoms with Crippen molar-refractivity contribution in [3.05, 3.63) is 30.3 Å². The molecule has 0 aromatic heterocycles. The highest BCUT2D eigenvalue weighted by molar-refractivity contribution is 5.96. The highest BCUT2D eigenvalue weighted by Crippen LogP contribution is 2.28. The second-order valence-corrected chi connectivity index (χ2v) is 4.75. The first kappa shape index (κ1) is 14.3. The molecule has 0 aliphatic heterocycles. The summed E-state index contributed by atoms with van der Waals surface area (Å²) in [4.78, 5) is 26.3. The number of aliphatic carboxylic acids is 1. The molecular weight excluding hydrogens is 260 g/mol. The number of hydrogen-bond donors (Lipinski definition) is 2. The van der Waals surface area contributed by atoms with Gasteiger partial charge in [0.15, 0.2) is 0 Å². The molecule has 1 aliphatic rings. The molecule has 0 bridgehead atoms. The summed E-state index contributed by atoms with van der Waals surface area (Å²) in [5.41, 5.74) is 0.545. The van der Waals surface area contributed by atoms with Gasteiger partial charge < -0.3 is 15.1 Å². The van der Waals surface area contributed by atoms with Gasteiger partial charge in [-0.3, -0.25) is 9.69 Å². The zero-order valence-corrected chi connectivity index (χ0v) is 11.1. The third-order valence-corrected chi connectivity index (χ3v) is 3.17. The minimum atomic E-state index is -1.07. The topological polar surface area (TPSA) is 81.1 Å². The molecule has 2 rings (SSSR count). The summed E-state index contributed by atoms with van der Waals surface area (Å²) < 4.78 is 0. The van der Waals surface area contributed by atoms with Crippen LogP contribution < -0.4 is 4.90 Å². The summed E-state index contributed by atoms with van der Waals surface area (Å²) in [6, 6.07) is 8.47. The number of carboxylic acid groups (broad SMARTS) is 1. The smallest absolute Gasteiger partial charge is 0.325 e. The van der Waals surface area contributed by atoms with Gasteiger partial charge in [0.2, 0.25) is 0 Å². The Balaban J connectivity index is 2.21. The molecule has 0 radical (unpaired) electrons. The van der Waals surface area contributed by atoms with E-state index in [2.05, 4.69) is 0 Å². The van der Waals surface area contributed by atoms with E-state index in [-0.39, 0.29) is 25.2 Å². The van der Waals surface area contributed by atoms with Gasteiger partial charge in [0.1, 0.15) is 6.54 Å². The fourth-order valence-electron chi connectivity index (χ4n) is 2.10. The van der Waals surface area contributed by atoms with Crippen molar-refractivity contribution in [2.24, 2.45) is 0 Å². The monoisotopic (exact) mass is 278 g/mol. The number of nitrogens with zero attached hydrogens (tertiary/aromatic N) is 2. The van der Waals surface area contributed by atoms with E-state index in [0.29, 0.717) is 5.69 Å². The van der Waals surface area contributed by atoms with Gasteiger partial charge in [-0.2, -0.15) is 0 Å². The standard InChI is InChI=1S/C14H18N2O4/c17-9-8-15(12-6-7-12)14(20)16(10-13(18)19)11-4-2-1-3-5-11/h1-5,12,17H,6-10H2,(H,18,19). The van der Waals surface area contributed by atoms with Gasteiger partial charge in [-0.25, -0.2) is 4.79 Å². The van der Waals surface area contributed by atoms with Gasteiger partial charge >= 0.3 is 12.0 Å². The molecule has 0 unspecified atom stereocenters. The quantitative estimate of drug-likeness (QED) is 0.818. The molecule has 2 amide bonds. The second kappa shape index (κ2) is 6.38. The van der Waals surface area contributed by atoms with Crippen LogP contribution in [0.3, 0.4) is 0 Å². The van der Waals surface area contributed by atoms with E-state index < -0.39 is 12.5 Å². The van der Waals surface area contributed by atoms with Crippen LogP contribution in [0.4, 0.5) is 10.5 Å². The zero-order valence-electron chi connectivity index (χ0n) is 11.1. The lowest BCUT2D eigenvalue weighted by Gasteiger charge is -2.29. The molecule has 20 heavy (non-hydrogen) atoms. The SMILES string of the molecule is O=C(O)CN(C(=O)N(CCO)C1CC1)c1ccccc1. The van der Waals surface area contributed by atoms with E-state index in [1.807, 2.05) is 0 Å². The molecule has 108 valence electrons. The van der Waals surface area contributed by atoms with Crippen molar-refractivity contribution < 1.29 is 19.8 Å². The van der Waals surface area contributed by atoms with Crippen molar-refractivity contribution in [3.8, 4) is 0 Å². The number of carbonyl (C=O) groups is 2. The van der Waals surface area contributed by atoms with Crippen molar-refractivity contribution in [2.75, 3.05) is 24.6 Å².